The van der Waals surface area contributed by atoms with E-state index in [-0.39, 0.29) is 29.9 Å². The molecule has 0 aliphatic carbocycles. The van der Waals surface area contributed by atoms with Gasteiger partial charge in [0.25, 0.3) is 0 Å². The van der Waals surface area contributed by atoms with Crippen LogP contribution in [-0.2, 0) is 11.0 Å². The average molecular weight is 353 g/mol. The Morgan fingerprint density at radius 3 is 2.60 bits per heavy atom. The third-order valence-corrected chi connectivity index (χ3v) is 3.35. The van der Waals surface area contributed by atoms with E-state index in [0.29, 0.717) is 0 Å². The molecule has 0 unspecified atom stereocenters. The molecule has 2 aromatic heterocycles. The van der Waals surface area contributed by atoms with Gasteiger partial charge in [-0.05, 0) is 18.2 Å². The Morgan fingerprint density at radius 2 is 2.04 bits per heavy atom. The van der Waals surface area contributed by atoms with Crippen molar-refractivity contribution in [2.45, 2.75) is 19.5 Å². The standard InChI is InChI=1S/C17H15F4N3O/c1-3-7-24(15(25)4-2)14-6-5-13(23-16(14)17(19,20)21)11-8-12(18)10-22-9-11/h3,5-6,8-10H,1,4,7H2,2H3. The summed E-state index contributed by atoms with van der Waals surface area (Å²) in [6, 6.07) is 3.47. The van der Waals surface area contributed by atoms with Gasteiger partial charge in [0.05, 0.1) is 17.6 Å². The first kappa shape index (κ1) is 18.6. The Hall–Kier alpha value is -2.77. The Labute approximate surface area is 141 Å². The Bertz CT molecular complexity index is 790. The molecule has 0 radical (unpaired) electrons. The van der Waals surface area contributed by atoms with Gasteiger partial charge in [-0.2, -0.15) is 13.2 Å². The van der Waals surface area contributed by atoms with Crippen molar-refractivity contribution in [2.24, 2.45) is 0 Å². The smallest absolute Gasteiger partial charge is 0.306 e. The highest BCUT2D eigenvalue weighted by Crippen LogP contribution is 2.37. The summed E-state index contributed by atoms with van der Waals surface area (Å²) in [5.74, 6) is -1.18. The number of carbonyl (C=O) groups excluding carboxylic acids is 1. The maximum absolute atomic E-state index is 13.5. The van der Waals surface area contributed by atoms with Crippen LogP contribution in [0.4, 0.5) is 23.2 Å². The van der Waals surface area contributed by atoms with E-state index in [1.54, 1.807) is 6.92 Å². The van der Waals surface area contributed by atoms with Crippen molar-refractivity contribution < 1.29 is 22.4 Å². The van der Waals surface area contributed by atoms with E-state index in [2.05, 4.69) is 16.5 Å². The maximum atomic E-state index is 13.5. The predicted octanol–water partition coefficient (Wildman–Crippen LogP) is 4.23. The topological polar surface area (TPSA) is 46.1 Å². The number of hydrogen-bond acceptors (Lipinski definition) is 3. The van der Waals surface area contributed by atoms with Crippen LogP contribution in [0.3, 0.4) is 0 Å². The van der Waals surface area contributed by atoms with Gasteiger partial charge in [-0.3, -0.25) is 9.78 Å². The van der Waals surface area contributed by atoms with Crippen molar-refractivity contribution in [3.63, 3.8) is 0 Å². The second-order valence-electron chi connectivity index (χ2n) is 5.10. The zero-order valence-corrected chi connectivity index (χ0v) is 13.3. The average Bonchev–Trinajstić information content (AvgIpc) is 2.58. The summed E-state index contributed by atoms with van der Waals surface area (Å²) in [6.45, 7) is 4.93. The molecule has 132 valence electrons. The fourth-order valence-corrected chi connectivity index (χ4v) is 2.25. The van der Waals surface area contributed by atoms with Gasteiger partial charge in [-0.1, -0.05) is 13.0 Å². The monoisotopic (exact) mass is 353 g/mol. The van der Waals surface area contributed by atoms with Gasteiger partial charge in [-0.15, -0.1) is 6.58 Å². The molecular formula is C17H15F4N3O. The van der Waals surface area contributed by atoms with Crippen molar-refractivity contribution in [2.75, 3.05) is 11.4 Å². The Kier molecular flexibility index (Phi) is 5.51. The molecule has 8 heteroatoms. The number of anilines is 1. The second-order valence-corrected chi connectivity index (χ2v) is 5.10. The number of amides is 1. The lowest BCUT2D eigenvalue weighted by Gasteiger charge is -2.24. The lowest BCUT2D eigenvalue weighted by Crippen LogP contribution is -2.32. The molecule has 0 saturated heterocycles. The summed E-state index contributed by atoms with van der Waals surface area (Å²) in [7, 11) is 0. The van der Waals surface area contributed by atoms with E-state index in [1.807, 2.05) is 0 Å². The number of nitrogens with zero attached hydrogens (tertiary/aromatic N) is 3. The summed E-state index contributed by atoms with van der Waals surface area (Å²) >= 11 is 0. The molecule has 0 aliphatic rings. The number of alkyl halides is 3. The molecule has 1 amide bonds. The molecule has 0 N–H and O–H groups in total. The molecule has 0 bridgehead atoms. The minimum absolute atomic E-state index is 0.0285. The highest BCUT2D eigenvalue weighted by molar-refractivity contribution is 5.94. The van der Waals surface area contributed by atoms with Crippen molar-refractivity contribution >= 4 is 11.6 Å². The van der Waals surface area contributed by atoms with E-state index in [4.69, 9.17) is 0 Å². The summed E-state index contributed by atoms with van der Waals surface area (Å²) in [5.41, 5.74) is -1.58. The van der Waals surface area contributed by atoms with Crippen LogP contribution in [-0.4, -0.2) is 22.4 Å². The minimum Gasteiger partial charge on any atom is -0.306 e. The largest absolute Gasteiger partial charge is 0.435 e. The number of hydrogen-bond donors (Lipinski definition) is 0. The SMILES string of the molecule is C=CCN(C(=O)CC)c1ccc(-c2cncc(F)c2)nc1C(F)(F)F. The third-order valence-electron chi connectivity index (χ3n) is 3.35. The van der Waals surface area contributed by atoms with E-state index in [0.717, 1.165) is 23.2 Å². The van der Waals surface area contributed by atoms with Crippen LogP contribution in [0.25, 0.3) is 11.3 Å². The van der Waals surface area contributed by atoms with Crippen molar-refractivity contribution in [3.05, 3.63) is 54.8 Å². The highest BCUT2D eigenvalue weighted by atomic mass is 19.4. The molecule has 4 nitrogen and oxygen atoms in total. The molecular weight excluding hydrogens is 338 g/mol. The molecule has 0 fully saturated rings. The Morgan fingerprint density at radius 1 is 1.32 bits per heavy atom. The number of aromatic nitrogens is 2. The molecule has 0 atom stereocenters. The molecule has 0 spiro atoms. The fourth-order valence-electron chi connectivity index (χ4n) is 2.25. The number of carbonyl (C=O) groups is 1. The highest BCUT2D eigenvalue weighted by Gasteiger charge is 2.38. The van der Waals surface area contributed by atoms with E-state index >= 15 is 0 Å². The van der Waals surface area contributed by atoms with Gasteiger partial charge in [0, 0.05) is 24.7 Å². The van der Waals surface area contributed by atoms with Gasteiger partial charge in [-0.25, -0.2) is 9.37 Å². The normalized spacial score (nSPS) is 11.2. The van der Waals surface area contributed by atoms with Crippen LogP contribution in [0.15, 0.2) is 43.2 Å². The second kappa shape index (κ2) is 7.42. The number of rotatable bonds is 5. The lowest BCUT2D eigenvalue weighted by molar-refractivity contribution is -0.140. The van der Waals surface area contributed by atoms with Gasteiger partial charge in [0.1, 0.15) is 5.82 Å². The molecule has 2 rings (SSSR count). The fraction of sp³-hybridized carbons (Fsp3) is 0.235. The number of pyridine rings is 2. The van der Waals surface area contributed by atoms with Gasteiger partial charge in [0.2, 0.25) is 5.91 Å². The molecule has 0 saturated carbocycles. The van der Waals surface area contributed by atoms with Gasteiger partial charge < -0.3 is 4.90 Å². The molecule has 2 heterocycles. The van der Waals surface area contributed by atoms with E-state index in [9.17, 15) is 22.4 Å². The van der Waals surface area contributed by atoms with Crippen molar-refractivity contribution in [1.29, 1.82) is 0 Å². The first-order chi connectivity index (χ1) is 11.8. The van der Waals surface area contributed by atoms with Crippen molar-refractivity contribution in [3.8, 4) is 11.3 Å². The van der Waals surface area contributed by atoms with Crippen LogP contribution in [0.2, 0.25) is 0 Å². The van der Waals surface area contributed by atoms with Crippen LogP contribution in [0, 0.1) is 5.82 Å². The number of halogens is 4. The molecule has 2 aromatic rings. The van der Waals surface area contributed by atoms with Crippen LogP contribution in [0.1, 0.15) is 19.0 Å². The summed E-state index contributed by atoms with van der Waals surface area (Å²) in [6.07, 6.45) is -1.28. The van der Waals surface area contributed by atoms with Crippen LogP contribution < -0.4 is 4.90 Å². The predicted molar refractivity (Wildman–Crippen MR) is 85.3 cm³/mol. The van der Waals surface area contributed by atoms with E-state index in [1.165, 1.54) is 18.3 Å². The van der Waals surface area contributed by atoms with Crippen LogP contribution >= 0.6 is 0 Å². The summed E-state index contributed by atoms with van der Waals surface area (Å²) < 4.78 is 53.7. The van der Waals surface area contributed by atoms with Gasteiger partial charge in [0.15, 0.2) is 5.69 Å². The zero-order valence-electron chi connectivity index (χ0n) is 13.3. The van der Waals surface area contributed by atoms with Crippen LogP contribution in [0.5, 0.6) is 0 Å². The quantitative estimate of drug-likeness (QED) is 0.597. The third kappa shape index (κ3) is 4.20. The molecule has 0 aromatic carbocycles. The first-order valence-corrected chi connectivity index (χ1v) is 7.38. The lowest BCUT2D eigenvalue weighted by atomic mass is 10.1. The zero-order chi connectivity index (χ0) is 18.6. The summed E-state index contributed by atoms with van der Waals surface area (Å²) in [4.78, 5) is 20.2. The maximum Gasteiger partial charge on any atom is 0.435 e. The van der Waals surface area contributed by atoms with E-state index < -0.39 is 23.6 Å². The molecule has 25 heavy (non-hydrogen) atoms. The first-order valence-electron chi connectivity index (χ1n) is 7.38. The molecule has 0 aliphatic heterocycles. The summed E-state index contributed by atoms with van der Waals surface area (Å²) in [5, 5.41) is 0. The minimum atomic E-state index is -4.79. The van der Waals surface area contributed by atoms with Gasteiger partial charge >= 0.3 is 6.18 Å². The van der Waals surface area contributed by atoms with Crippen molar-refractivity contribution in [1.82, 2.24) is 9.97 Å². The Balaban J connectivity index is 2.61.